The molecule has 3 heterocycles. The first-order chi connectivity index (χ1) is 11.1. The first-order valence-electron chi connectivity index (χ1n) is 8.07. The van der Waals surface area contributed by atoms with Crippen molar-refractivity contribution >= 4 is 12.1 Å². The molecule has 3 aliphatic rings. The lowest BCUT2D eigenvalue weighted by Gasteiger charge is -2.43. The minimum absolute atomic E-state index is 0.236. The van der Waals surface area contributed by atoms with Crippen molar-refractivity contribution in [1.82, 2.24) is 24.5 Å². The monoisotopic (exact) mass is 327 g/mol. The van der Waals surface area contributed by atoms with Crippen molar-refractivity contribution in [3.05, 3.63) is 0 Å². The number of imide groups is 1. The number of morpholine rings is 2. The van der Waals surface area contributed by atoms with Gasteiger partial charge in [-0.05, 0) is 0 Å². The molecule has 0 N–H and O–H groups in total. The van der Waals surface area contributed by atoms with Gasteiger partial charge in [0.05, 0.1) is 39.8 Å². The highest BCUT2D eigenvalue weighted by molar-refractivity contribution is 5.95. The Morgan fingerprint density at radius 3 is 1.57 bits per heavy atom. The predicted molar refractivity (Wildman–Crippen MR) is 81.6 cm³/mol. The summed E-state index contributed by atoms with van der Waals surface area (Å²) in [7, 11) is 1.54. The molecule has 3 saturated heterocycles. The lowest BCUT2D eigenvalue weighted by Crippen LogP contribution is -2.63. The number of urea groups is 2. The lowest BCUT2D eigenvalue weighted by molar-refractivity contribution is -0.0196. The van der Waals surface area contributed by atoms with E-state index in [1.165, 1.54) is 4.90 Å². The van der Waals surface area contributed by atoms with Gasteiger partial charge in [0.2, 0.25) is 0 Å². The molecule has 0 aromatic carbocycles. The molecule has 0 spiro atoms. The summed E-state index contributed by atoms with van der Waals surface area (Å²) in [6.07, 6.45) is 0. The third-order valence-corrected chi connectivity index (χ3v) is 4.41. The number of hydrogen-bond acceptors (Lipinski definition) is 6. The number of carbonyl (C=O) groups is 2. The maximum absolute atomic E-state index is 12.4. The Morgan fingerprint density at radius 2 is 1.17 bits per heavy atom. The molecule has 0 aromatic heterocycles. The maximum Gasteiger partial charge on any atom is 0.330 e. The van der Waals surface area contributed by atoms with Crippen LogP contribution in [0.4, 0.5) is 9.59 Å². The van der Waals surface area contributed by atoms with Crippen LogP contribution in [0, 0.1) is 0 Å². The summed E-state index contributed by atoms with van der Waals surface area (Å²) in [5, 5.41) is 0. The number of nitrogens with zero attached hydrogens (tertiary/aromatic N) is 5. The van der Waals surface area contributed by atoms with Gasteiger partial charge in [-0.2, -0.15) is 0 Å². The second-order valence-corrected chi connectivity index (χ2v) is 6.09. The number of carbonyl (C=O) groups excluding carboxylic acids is 2. The molecule has 3 aliphatic heterocycles. The minimum atomic E-state index is -0.236. The predicted octanol–water partition coefficient (Wildman–Crippen LogP) is -0.687. The topological polar surface area (TPSA) is 68.8 Å². The first kappa shape index (κ1) is 16.4. The average Bonchev–Trinajstić information content (AvgIpc) is 2.59. The van der Waals surface area contributed by atoms with Gasteiger partial charge in [-0.15, -0.1) is 0 Å². The summed E-state index contributed by atoms with van der Waals surface area (Å²) in [6, 6.07) is -0.473. The van der Waals surface area contributed by atoms with E-state index in [0.29, 0.717) is 46.4 Å². The summed E-state index contributed by atoms with van der Waals surface area (Å²) in [4.78, 5) is 33.7. The molecule has 0 bridgehead atoms. The highest BCUT2D eigenvalue weighted by Gasteiger charge is 2.36. The van der Waals surface area contributed by atoms with Crippen molar-refractivity contribution in [1.29, 1.82) is 0 Å². The molecular formula is C14H25N5O4. The summed E-state index contributed by atoms with van der Waals surface area (Å²) in [5.74, 6) is 0. The van der Waals surface area contributed by atoms with Crippen LogP contribution in [0.5, 0.6) is 0 Å². The molecule has 3 fully saturated rings. The van der Waals surface area contributed by atoms with Crippen LogP contribution in [0.3, 0.4) is 0 Å². The zero-order chi connectivity index (χ0) is 16.2. The molecule has 0 aromatic rings. The Hall–Kier alpha value is -1.42. The van der Waals surface area contributed by atoms with E-state index in [-0.39, 0.29) is 12.1 Å². The number of rotatable bonds is 4. The lowest BCUT2D eigenvalue weighted by atomic mass is 10.4. The second kappa shape index (κ2) is 7.43. The molecule has 0 radical (unpaired) electrons. The summed E-state index contributed by atoms with van der Waals surface area (Å²) < 4.78 is 10.7. The third-order valence-electron chi connectivity index (χ3n) is 4.41. The van der Waals surface area contributed by atoms with E-state index in [2.05, 4.69) is 9.80 Å². The van der Waals surface area contributed by atoms with Crippen molar-refractivity contribution in [2.75, 3.05) is 79.7 Å². The zero-order valence-electron chi connectivity index (χ0n) is 13.6. The Morgan fingerprint density at radius 1 is 0.783 bits per heavy atom. The number of hydrogen-bond donors (Lipinski definition) is 0. The highest BCUT2D eigenvalue weighted by Crippen LogP contribution is 2.14. The summed E-state index contributed by atoms with van der Waals surface area (Å²) in [6.45, 7) is 7.38. The van der Waals surface area contributed by atoms with Crippen LogP contribution in [0.25, 0.3) is 0 Å². The third kappa shape index (κ3) is 3.92. The molecule has 0 unspecified atom stereocenters. The van der Waals surface area contributed by atoms with E-state index >= 15 is 0 Å². The smallest absolute Gasteiger partial charge is 0.330 e. The normalized spacial score (nSPS) is 25.3. The van der Waals surface area contributed by atoms with Gasteiger partial charge < -0.3 is 9.47 Å². The van der Waals surface area contributed by atoms with Crippen LogP contribution >= 0.6 is 0 Å². The standard InChI is InChI=1S/C14H25N5O4/c1-15-13(20)18(10-16-2-6-22-7-3-16)12-19(14(15)21)11-17-4-8-23-9-5-17/h2-12H2,1H3. The zero-order valence-corrected chi connectivity index (χ0v) is 13.6. The molecule has 3 rings (SSSR count). The van der Waals surface area contributed by atoms with Crippen LogP contribution < -0.4 is 0 Å². The van der Waals surface area contributed by atoms with E-state index < -0.39 is 0 Å². The summed E-state index contributed by atoms with van der Waals surface area (Å²) in [5.41, 5.74) is 0. The SMILES string of the molecule is CN1C(=O)N(CN2CCOCC2)CN(CN2CCOCC2)C1=O. The largest absolute Gasteiger partial charge is 0.379 e. The number of ether oxygens (including phenoxy) is 2. The van der Waals surface area contributed by atoms with Crippen molar-refractivity contribution in [2.24, 2.45) is 0 Å². The van der Waals surface area contributed by atoms with Crippen LogP contribution in [-0.4, -0.2) is 116 Å². The Bertz CT molecular complexity index is 399. The first-order valence-corrected chi connectivity index (χ1v) is 8.07. The summed E-state index contributed by atoms with van der Waals surface area (Å²) >= 11 is 0. The fourth-order valence-corrected chi connectivity index (χ4v) is 3.01. The van der Waals surface area contributed by atoms with Gasteiger partial charge in [0, 0.05) is 33.2 Å². The minimum Gasteiger partial charge on any atom is -0.379 e. The molecule has 0 aliphatic carbocycles. The van der Waals surface area contributed by atoms with E-state index in [9.17, 15) is 9.59 Å². The molecule has 130 valence electrons. The highest BCUT2D eigenvalue weighted by atomic mass is 16.5. The van der Waals surface area contributed by atoms with Crippen LogP contribution in [0.15, 0.2) is 0 Å². The van der Waals surface area contributed by atoms with Crippen LogP contribution in [-0.2, 0) is 9.47 Å². The fourth-order valence-electron chi connectivity index (χ4n) is 3.01. The van der Waals surface area contributed by atoms with Gasteiger partial charge in [0.1, 0.15) is 6.67 Å². The van der Waals surface area contributed by atoms with E-state index in [1.54, 1.807) is 16.8 Å². The van der Waals surface area contributed by atoms with Crippen molar-refractivity contribution in [3.63, 3.8) is 0 Å². The Balaban J connectivity index is 1.60. The van der Waals surface area contributed by atoms with Gasteiger partial charge in [0.15, 0.2) is 0 Å². The van der Waals surface area contributed by atoms with Crippen LogP contribution in [0.2, 0.25) is 0 Å². The van der Waals surface area contributed by atoms with Gasteiger partial charge in [-0.1, -0.05) is 0 Å². The van der Waals surface area contributed by atoms with E-state index in [4.69, 9.17) is 9.47 Å². The number of amides is 4. The van der Waals surface area contributed by atoms with Crippen molar-refractivity contribution < 1.29 is 19.1 Å². The quantitative estimate of drug-likeness (QED) is 0.681. The van der Waals surface area contributed by atoms with Gasteiger partial charge in [-0.3, -0.25) is 19.6 Å². The average molecular weight is 327 g/mol. The Kier molecular flexibility index (Phi) is 5.31. The van der Waals surface area contributed by atoms with E-state index in [0.717, 1.165) is 26.2 Å². The Labute approximate surface area is 136 Å². The van der Waals surface area contributed by atoms with Crippen LogP contribution in [0.1, 0.15) is 0 Å². The molecular weight excluding hydrogens is 302 g/mol. The van der Waals surface area contributed by atoms with E-state index in [1.807, 2.05) is 0 Å². The van der Waals surface area contributed by atoms with Crippen molar-refractivity contribution in [3.8, 4) is 0 Å². The molecule has 4 amide bonds. The second-order valence-electron chi connectivity index (χ2n) is 6.09. The van der Waals surface area contributed by atoms with Gasteiger partial charge in [0.25, 0.3) is 0 Å². The van der Waals surface area contributed by atoms with Gasteiger partial charge >= 0.3 is 12.1 Å². The molecule has 0 atom stereocenters. The molecule has 9 heteroatoms. The molecule has 23 heavy (non-hydrogen) atoms. The van der Waals surface area contributed by atoms with Crippen molar-refractivity contribution in [2.45, 2.75) is 0 Å². The molecule has 0 saturated carbocycles. The fraction of sp³-hybridized carbons (Fsp3) is 0.857. The maximum atomic E-state index is 12.4. The molecule has 9 nitrogen and oxygen atoms in total. The van der Waals surface area contributed by atoms with Gasteiger partial charge in [-0.25, -0.2) is 14.5 Å².